The van der Waals surface area contributed by atoms with Gasteiger partial charge in [0.05, 0.1) is 25.0 Å². The van der Waals surface area contributed by atoms with Crippen molar-refractivity contribution in [1.82, 2.24) is 9.97 Å². The van der Waals surface area contributed by atoms with Crippen molar-refractivity contribution in [1.29, 1.82) is 0 Å². The number of benzene rings is 3. The van der Waals surface area contributed by atoms with E-state index in [1.54, 1.807) is 38.4 Å². The molecule has 5 rings (SSSR count). The fraction of sp³-hybridized carbons (Fsp3) is 0.314. The number of methoxy groups -OCH3 is 2. The monoisotopic (exact) mass is 596 g/mol. The van der Waals surface area contributed by atoms with Gasteiger partial charge in [0.25, 0.3) is 0 Å². The van der Waals surface area contributed by atoms with Crippen molar-refractivity contribution >= 4 is 11.9 Å². The van der Waals surface area contributed by atoms with Crippen molar-refractivity contribution in [3.8, 4) is 22.9 Å². The van der Waals surface area contributed by atoms with E-state index in [1.165, 1.54) is 7.11 Å². The number of ether oxygens (including phenoxy) is 5. The van der Waals surface area contributed by atoms with Crippen molar-refractivity contribution < 1.29 is 33.3 Å². The Labute approximate surface area is 257 Å². The summed E-state index contributed by atoms with van der Waals surface area (Å²) in [5.74, 6) is 0.501. The van der Waals surface area contributed by atoms with E-state index in [2.05, 4.69) is 4.98 Å². The van der Waals surface area contributed by atoms with Crippen LogP contribution in [0.4, 0.5) is 0 Å². The van der Waals surface area contributed by atoms with Crippen LogP contribution in [-0.4, -0.2) is 48.8 Å². The summed E-state index contributed by atoms with van der Waals surface area (Å²) in [5, 5.41) is 0. The lowest BCUT2D eigenvalue weighted by Crippen LogP contribution is -2.41. The molecule has 3 aromatic carbocycles. The van der Waals surface area contributed by atoms with Crippen LogP contribution in [0.3, 0.4) is 0 Å². The van der Waals surface area contributed by atoms with Gasteiger partial charge in [-0.3, -0.25) is 0 Å². The maximum absolute atomic E-state index is 13.4. The molecule has 0 unspecified atom stereocenters. The molecule has 1 aliphatic carbocycles. The number of carbonyl (C=O) groups is 2. The number of rotatable bonds is 13. The van der Waals surface area contributed by atoms with Crippen LogP contribution in [0.15, 0.2) is 85.1 Å². The Bertz CT molecular complexity index is 1600. The Morgan fingerprint density at radius 3 is 2.36 bits per heavy atom. The molecule has 2 atom stereocenters. The van der Waals surface area contributed by atoms with Gasteiger partial charge >= 0.3 is 11.9 Å². The molecule has 1 aromatic heterocycles. The molecule has 0 radical (unpaired) electrons. The van der Waals surface area contributed by atoms with E-state index in [0.717, 1.165) is 16.7 Å². The second-order valence-electron chi connectivity index (χ2n) is 10.6. The Balaban J connectivity index is 1.42. The standard InChI is InChI=1S/C35H36N2O7/c1-5-42-34(39)31(44-33(38)30(41-4)24-11-7-6-8-12-24)35(18-19-35)27-16-15-23(2)21-29(27)43-22-25-17-20-36-32(37-25)26-13-9-10-14-28(26)40-3/h6-17,20-21,30-31H,5,18-19,22H2,1-4H3/t30-,31+/m1/s1. The first-order valence-corrected chi connectivity index (χ1v) is 14.5. The van der Waals surface area contributed by atoms with Gasteiger partial charge in [-0.15, -0.1) is 0 Å². The lowest BCUT2D eigenvalue weighted by atomic mass is 9.88. The molecule has 228 valence electrons. The largest absolute Gasteiger partial charge is 0.496 e. The van der Waals surface area contributed by atoms with Gasteiger partial charge in [0.15, 0.2) is 11.9 Å². The minimum absolute atomic E-state index is 0.148. The van der Waals surface area contributed by atoms with Crippen LogP contribution in [0.25, 0.3) is 11.4 Å². The maximum Gasteiger partial charge on any atom is 0.348 e. The maximum atomic E-state index is 13.4. The van der Waals surface area contributed by atoms with Crippen LogP contribution in [-0.2, 0) is 35.8 Å². The molecular weight excluding hydrogens is 560 g/mol. The Morgan fingerprint density at radius 1 is 0.909 bits per heavy atom. The van der Waals surface area contributed by atoms with Gasteiger partial charge in [0, 0.05) is 24.3 Å². The zero-order valence-corrected chi connectivity index (χ0v) is 25.3. The lowest BCUT2D eigenvalue weighted by Gasteiger charge is -2.28. The topological polar surface area (TPSA) is 106 Å². The van der Waals surface area contributed by atoms with Crippen LogP contribution in [0.5, 0.6) is 11.5 Å². The first kappa shape index (κ1) is 30.7. The number of aryl methyl sites for hydroxylation is 1. The Morgan fingerprint density at radius 2 is 1.66 bits per heavy atom. The predicted octanol–water partition coefficient (Wildman–Crippen LogP) is 5.93. The van der Waals surface area contributed by atoms with E-state index < -0.39 is 29.6 Å². The average molecular weight is 597 g/mol. The first-order chi connectivity index (χ1) is 21.4. The molecule has 44 heavy (non-hydrogen) atoms. The van der Waals surface area contributed by atoms with Gasteiger partial charge in [-0.25, -0.2) is 19.6 Å². The van der Waals surface area contributed by atoms with E-state index in [1.807, 2.05) is 67.6 Å². The molecule has 1 heterocycles. The number of para-hydroxylation sites is 1. The van der Waals surface area contributed by atoms with Crippen molar-refractivity contribution in [3.05, 3.63) is 107 Å². The van der Waals surface area contributed by atoms with Crippen molar-refractivity contribution in [2.75, 3.05) is 20.8 Å². The summed E-state index contributed by atoms with van der Waals surface area (Å²) < 4.78 is 28.7. The van der Waals surface area contributed by atoms with Gasteiger partial charge in [-0.2, -0.15) is 0 Å². The Kier molecular flexibility index (Phi) is 9.55. The summed E-state index contributed by atoms with van der Waals surface area (Å²) in [5.41, 5.74) is 3.00. The fourth-order valence-corrected chi connectivity index (χ4v) is 5.33. The fourth-order valence-electron chi connectivity index (χ4n) is 5.33. The molecule has 1 fully saturated rings. The van der Waals surface area contributed by atoms with Crippen molar-refractivity contribution in [2.24, 2.45) is 0 Å². The molecule has 1 aliphatic rings. The second-order valence-corrected chi connectivity index (χ2v) is 10.6. The van der Waals surface area contributed by atoms with Crippen LogP contribution >= 0.6 is 0 Å². The lowest BCUT2D eigenvalue weighted by molar-refractivity contribution is -0.177. The summed E-state index contributed by atoms with van der Waals surface area (Å²) in [4.78, 5) is 35.9. The molecule has 0 bridgehead atoms. The van der Waals surface area contributed by atoms with Crippen LogP contribution < -0.4 is 9.47 Å². The van der Waals surface area contributed by atoms with Gasteiger partial charge in [0.1, 0.15) is 18.1 Å². The first-order valence-electron chi connectivity index (χ1n) is 14.5. The zero-order valence-electron chi connectivity index (χ0n) is 25.3. The highest BCUT2D eigenvalue weighted by Gasteiger charge is 2.58. The molecule has 4 aromatic rings. The van der Waals surface area contributed by atoms with Crippen LogP contribution in [0.1, 0.15) is 48.3 Å². The van der Waals surface area contributed by atoms with Gasteiger partial charge < -0.3 is 23.7 Å². The predicted molar refractivity (Wildman–Crippen MR) is 163 cm³/mol. The van der Waals surface area contributed by atoms with Gasteiger partial charge in [-0.1, -0.05) is 54.6 Å². The highest BCUT2D eigenvalue weighted by molar-refractivity contribution is 5.84. The van der Waals surface area contributed by atoms with Crippen molar-refractivity contribution in [2.45, 2.75) is 50.9 Å². The highest BCUT2D eigenvalue weighted by Crippen LogP contribution is 2.55. The van der Waals surface area contributed by atoms with Crippen molar-refractivity contribution in [3.63, 3.8) is 0 Å². The number of esters is 2. The molecule has 1 saturated carbocycles. The number of hydrogen-bond donors (Lipinski definition) is 0. The summed E-state index contributed by atoms with van der Waals surface area (Å²) in [7, 11) is 3.04. The molecule has 0 saturated heterocycles. The SMILES string of the molecule is CCOC(=O)[C@H](OC(=O)[C@H](OC)c1ccccc1)C1(c2ccc(C)cc2OCc2ccnc(-c3ccccc3OC)n2)CC1. The van der Waals surface area contributed by atoms with E-state index in [-0.39, 0.29) is 13.2 Å². The number of aromatic nitrogens is 2. The van der Waals surface area contributed by atoms with Crippen LogP contribution in [0.2, 0.25) is 0 Å². The summed E-state index contributed by atoms with van der Waals surface area (Å²) in [6, 6.07) is 24.2. The molecule has 9 nitrogen and oxygen atoms in total. The molecule has 0 amide bonds. The number of carbonyl (C=O) groups excluding carboxylic acids is 2. The third-order valence-electron chi connectivity index (χ3n) is 7.69. The number of hydrogen-bond acceptors (Lipinski definition) is 9. The van der Waals surface area contributed by atoms with E-state index >= 15 is 0 Å². The summed E-state index contributed by atoms with van der Waals surface area (Å²) >= 11 is 0. The molecule has 9 heteroatoms. The summed E-state index contributed by atoms with van der Waals surface area (Å²) in [6.45, 7) is 3.99. The molecular formula is C35H36N2O7. The smallest absolute Gasteiger partial charge is 0.348 e. The molecule has 0 aliphatic heterocycles. The summed E-state index contributed by atoms with van der Waals surface area (Å²) in [6.07, 6.45) is 0.725. The highest BCUT2D eigenvalue weighted by atomic mass is 16.6. The van der Waals surface area contributed by atoms with E-state index in [9.17, 15) is 9.59 Å². The minimum atomic E-state index is -1.18. The molecule has 0 spiro atoms. The third kappa shape index (κ3) is 6.58. The van der Waals surface area contributed by atoms with E-state index in [4.69, 9.17) is 28.7 Å². The normalized spacial score (nSPS) is 14.6. The quantitative estimate of drug-likeness (QED) is 0.174. The molecule has 0 N–H and O–H groups in total. The van der Waals surface area contributed by atoms with Crippen LogP contribution in [0, 0.1) is 6.92 Å². The van der Waals surface area contributed by atoms with Gasteiger partial charge in [0.2, 0.25) is 6.10 Å². The van der Waals surface area contributed by atoms with Gasteiger partial charge in [-0.05, 0) is 62.1 Å². The van der Waals surface area contributed by atoms with E-state index in [0.29, 0.717) is 41.4 Å². The third-order valence-corrected chi connectivity index (χ3v) is 7.69. The minimum Gasteiger partial charge on any atom is -0.496 e. The zero-order chi connectivity index (χ0) is 31.1. The number of nitrogens with zero attached hydrogens (tertiary/aromatic N) is 2. The second kappa shape index (κ2) is 13.7. The Hall–Kier alpha value is -4.76. The average Bonchev–Trinajstić information content (AvgIpc) is 3.85.